The van der Waals surface area contributed by atoms with E-state index in [9.17, 15) is 9.59 Å². The lowest BCUT2D eigenvalue weighted by atomic mass is 10.0. The van der Waals surface area contributed by atoms with Crippen LogP contribution in [0.3, 0.4) is 0 Å². The Hall–Kier alpha value is -3.73. The molecule has 0 saturated heterocycles. The highest BCUT2D eigenvalue weighted by Gasteiger charge is 2.22. The molecule has 5 rings (SSSR count). The first-order chi connectivity index (χ1) is 13.7. The fraction of sp³-hybridized carbons (Fsp3) is 0.0870. The second kappa shape index (κ2) is 6.46. The van der Waals surface area contributed by atoms with Gasteiger partial charge >= 0.3 is 0 Å². The summed E-state index contributed by atoms with van der Waals surface area (Å²) < 4.78 is 2.06. The highest BCUT2D eigenvalue weighted by atomic mass is 16.1. The van der Waals surface area contributed by atoms with E-state index in [4.69, 9.17) is 4.98 Å². The van der Waals surface area contributed by atoms with Gasteiger partial charge in [-0.15, -0.1) is 0 Å². The van der Waals surface area contributed by atoms with Crippen LogP contribution in [0, 0.1) is 0 Å². The van der Waals surface area contributed by atoms with Gasteiger partial charge in [0.2, 0.25) is 0 Å². The van der Waals surface area contributed by atoms with Crippen molar-refractivity contribution in [1.82, 2.24) is 14.9 Å². The lowest BCUT2D eigenvalue weighted by Gasteiger charge is -2.09. The average Bonchev–Trinajstić information content (AvgIpc) is 3.03. The van der Waals surface area contributed by atoms with Crippen molar-refractivity contribution in [3.63, 3.8) is 0 Å². The van der Waals surface area contributed by atoms with Crippen molar-refractivity contribution in [2.75, 3.05) is 6.54 Å². The number of nitrogens with one attached hydrogen (secondary N) is 1. The Balaban J connectivity index is 1.65. The number of carbonyl (C=O) groups is 2. The first-order valence-electron chi connectivity index (χ1n) is 9.20. The van der Waals surface area contributed by atoms with Crippen LogP contribution >= 0.6 is 0 Å². The van der Waals surface area contributed by atoms with Gasteiger partial charge < -0.3 is 9.88 Å². The van der Waals surface area contributed by atoms with Crippen molar-refractivity contribution >= 4 is 22.7 Å². The van der Waals surface area contributed by atoms with Crippen molar-refractivity contribution in [3.05, 3.63) is 89.5 Å². The van der Waals surface area contributed by atoms with Crippen molar-refractivity contribution < 1.29 is 9.59 Å². The predicted molar refractivity (Wildman–Crippen MR) is 107 cm³/mol. The lowest BCUT2D eigenvalue weighted by molar-refractivity contribution is 0.0956. The summed E-state index contributed by atoms with van der Waals surface area (Å²) in [5, 5.41) is 2.93. The fourth-order valence-electron chi connectivity index (χ4n) is 3.74. The standard InChI is InChI=1S/C23H17N3O2/c27-21(15-6-2-1-3-7-15)16-8-4-9-17(14-16)22-25-19-11-5-10-18-20(19)26(22)13-12-24-23(18)28/h1-11,14H,12-13H2,(H,24,28). The molecule has 4 aromatic rings. The molecule has 136 valence electrons. The van der Waals surface area contributed by atoms with Crippen LogP contribution in [0.4, 0.5) is 0 Å². The number of rotatable bonds is 3. The maximum atomic E-state index is 12.8. The molecule has 5 heteroatoms. The van der Waals surface area contributed by atoms with Crippen LogP contribution in [0.1, 0.15) is 26.3 Å². The second-order valence-electron chi connectivity index (χ2n) is 6.79. The van der Waals surface area contributed by atoms with E-state index < -0.39 is 0 Å². The number of imidazole rings is 1. The summed E-state index contributed by atoms with van der Waals surface area (Å²) in [4.78, 5) is 30.0. The van der Waals surface area contributed by atoms with Crippen LogP contribution < -0.4 is 5.32 Å². The van der Waals surface area contributed by atoms with Crippen molar-refractivity contribution in [2.24, 2.45) is 0 Å². The van der Waals surface area contributed by atoms with E-state index in [1.54, 1.807) is 0 Å². The monoisotopic (exact) mass is 367 g/mol. The molecule has 0 aliphatic carbocycles. The third kappa shape index (κ3) is 2.60. The Bertz CT molecular complexity index is 1230. The van der Waals surface area contributed by atoms with Gasteiger partial charge in [0.05, 0.1) is 16.6 Å². The molecule has 0 atom stereocenters. The first-order valence-corrected chi connectivity index (χ1v) is 9.20. The van der Waals surface area contributed by atoms with Gasteiger partial charge in [0.15, 0.2) is 5.78 Å². The Labute approximate surface area is 161 Å². The molecule has 0 radical (unpaired) electrons. The predicted octanol–water partition coefficient (Wildman–Crippen LogP) is 3.68. The number of para-hydroxylation sites is 1. The quantitative estimate of drug-likeness (QED) is 0.562. The minimum Gasteiger partial charge on any atom is -0.350 e. The molecule has 2 heterocycles. The zero-order chi connectivity index (χ0) is 19.1. The maximum absolute atomic E-state index is 12.8. The third-order valence-electron chi connectivity index (χ3n) is 5.05. The van der Waals surface area contributed by atoms with Crippen LogP contribution in [0.5, 0.6) is 0 Å². The minimum absolute atomic E-state index is 0.0213. The molecule has 28 heavy (non-hydrogen) atoms. The summed E-state index contributed by atoms with van der Waals surface area (Å²) in [5.41, 5.74) is 4.38. The number of hydrogen-bond donors (Lipinski definition) is 1. The molecule has 0 saturated carbocycles. The van der Waals surface area contributed by atoms with Crippen LogP contribution in [0.2, 0.25) is 0 Å². The summed E-state index contributed by atoms with van der Waals surface area (Å²) >= 11 is 0. The summed E-state index contributed by atoms with van der Waals surface area (Å²) in [6.07, 6.45) is 0. The highest BCUT2D eigenvalue weighted by molar-refractivity contribution is 6.09. The molecular formula is C23H17N3O2. The summed E-state index contributed by atoms with van der Waals surface area (Å²) in [6.45, 7) is 1.17. The number of ketones is 1. The minimum atomic E-state index is -0.0798. The van der Waals surface area contributed by atoms with Crippen LogP contribution in [0.15, 0.2) is 72.8 Å². The molecule has 1 aliphatic rings. The Kier molecular flexibility index (Phi) is 3.79. The van der Waals surface area contributed by atoms with Gasteiger partial charge in [-0.2, -0.15) is 0 Å². The first kappa shape index (κ1) is 16.4. The number of nitrogens with zero attached hydrogens (tertiary/aromatic N) is 2. The molecule has 1 aromatic heterocycles. The van der Waals surface area contributed by atoms with Gasteiger partial charge in [-0.3, -0.25) is 9.59 Å². The van der Waals surface area contributed by atoms with E-state index in [-0.39, 0.29) is 11.7 Å². The molecule has 0 fully saturated rings. The molecule has 1 aliphatic heterocycles. The number of benzene rings is 3. The summed E-state index contributed by atoms with van der Waals surface area (Å²) in [6, 6.07) is 22.3. The molecule has 5 nitrogen and oxygen atoms in total. The van der Waals surface area contributed by atoms with E-state index in [2.05, 4.69) is 9.88 Å². The number of hydrogen-bond acceptors (Lipinski definition) is 3. The highest BCUT2D eigenvalue weighted by Crippen LogP contribution is 2.29. The van der Waals surface area contributed by atoms with E-state index in [1.807, 2.05) is 72.8 Å². The Morgan fingerprint density at radius 2 is 1.71 bits per heavy atom. The molecule has 3 aromatic carbocycles. The van der Waals surface area contributed by atoms with Crippen LogP contribution in [0.25, 0.3) is 22.4 Å². The van der Waals surface area contributed by atoms with Crippen LogP contribution in [-0.2, 0) is 6.54 Å². The fourth-order valence-corrected chi connectivity index (χ4v) is 3.74. The molecule has 0 unspecified atom stereocenters. The Morgan fingerprint density at radius 1 is 0.929 bits per heavy atom. The second-order valence-corrected chi connectivity index (χ2v) is 6.79. The molecule has 1 amide bonds. The SMILES string of the molecule is O=C(c1ccccc1)c1cccc(-c2nc3cccc4c3n2CCNC4=O)c1. The number of carbonyl (C=O) groups excluding carboxylic acids is 2. The van der Waals surface area contributed by atoms with Crippen molar-refractivity contribution in [2.45, 2.75) is 6.54 Å². The lowest BCUT2D eigenvalue weighted by Crippen LogP contribution is -2.24. The Morgan fingerprint density at radius 3 is 2.57 bits per heavy atom. The zero-order valence-electron chi connectivity index (χ0n) is 15.1. The smallest absolute Gasteiger partial charge is 0.253 e. The van der Waals surface area contributed by atoms with Gasteiger partial charge in [0, 0.05) is 29.8 Å². The van der Waals surface area contributed by atoms with Gasteiger partial charge in [-0.1, -0.05) is 54.6 Å². The summed E-state index contributed by atoms with van der Waals surface area (Å²) in [5.74, 6) is 0.664. The zero-order valence-corrected chi connectivity index (χ0v) is 15.1. The van der Waals surface area contributed by atoms with Crippen molar-refractivity contribution in [3.8, 4) is 11.4 Å². The van der Waals surface area contributed by atoms with E-state index in [1.165, 1.54) is 0 Å². The largest absolute Gasteiger partial charge is 0.350 e. The normalized spacial score (nSPS) is 13.2. The molecule has 0 spiro atoms. The van der Waals surface area contributed by atoms with Gasteiger partial charge in [-0.25, -0.2) is 4.98 Å². The maximum Gasteiger partial charge on any atom is 0.253 e. The third-order valence-corrected chi connectivity index (χ3v) is 5.05. The van der Waals surface area contributed by atoms with E-state index >= 15 is 0 Å². The molecule has 1 N–H and O–H groups in total. The van der Waals surface area contributed by atoms with E-state index in [0.29, 0.717) is 29.8 Å². The number of amides is 1. The van der Waals surface area contributed by atoms with Crippen LogP contribution in [-0.4, -0.2) is 27.8 Å². The molecule has 0 bridgehead atoms. The van der Waals surface area contributed by atoms with Gasteiger partial charge in [-0.05, 0) is 18.2 Å². The van der Waals surface area contributed by atoms with Crippen molar-refractivity contribution in [1.29, 1.82) is 0 Å². The van der Waals surface area contributed by atoms with E-state index in [0.717, 1.165) is 22.4 Å². The molecular weight excluding hydrogens is 350 g/mol. The van der Waals surface area contributed by atoms with Gasteiger partial charge in [0.1, 0.15) is 5.82 Å². The summed E-state index contributed by atoms with van der Waals surface area (Å²) in [7, 11) is 0. The average molecular weight is 367 g/mol. The van der Waals surface area contributed by atoms with Gasteiger partial charge in [0.25, 0.3) is 5.91 Å². The topological polar surface area (TPSA) is 64.0 Å². The number of aromatic nitrogens is 2.